The smallest absolute Gasteiger partial charge is 0.185 e. The lowest BCUT2D eigenvalue weighted by Gasteiger charge is -2.05. The van der Waals surface area contributed by atoms with Crippen LogP contribution in [0.5, 0.6) is 5.75 Å². The molecule has 3 aromatic carbocycles. The second-order valence-corrected chi connectivity index (χ2v) is 8.06. The minimum atomic E-state index is -0.106. The average molecular weight is 494 g/mol. The number of benzene rings is 3. The molecular weight excluding hydrogens is 476 g/mol. The largest absolute Gasteiger partial charge is 0.496 e. The summed E-state index contributed by atoms with van der Waals surface area (Å²) in [5.74, 6) is 0.632. The van der Waals surface area contributed by atoms with Gasteiger partial charge >= 0.3 is 0 Å². The van der Waals surface area contributed by atoms with Gasteiger partial charge in [0, 0.05) is 27.9 Å². The summed E-state index contributed by atoms with van der Waals surface area (Å²) < 4.78 is 7.97. The van der Waals surface area contributed by atoms with E-state index in [4.69, 9.17) is 21.4 Å². The molecule has 1 aromatic heterocycles. The highest BCUT2D eigenvalue weighted by atomic mass is 79.9. The number of ether oxygens (including phenoxy) is 1. The van der Waals surface area contributed by atoms with Crippen LogP contribution in [0.25, 0.3) is 23.0 Å². The Morgan fingerprint density at radius 1 is 1.06 bits per heavy atom. The van der Waals surface area contributed by atoms with Gasteiger partial charge in [0.1, 0.15) is 5.75 Å². The van der Waals surface area contributed by atoms with E-state index in [2.05, 4.69) is 15.9 Å². The summed E-state index contributed by atoms with van der Waals surface area (Å²) in [6.07, 6.45) is 5.25. The van der Waals surface area contributed by atoms with Gasteiger partial charge in [0.2, 0.25) is 0 Å². The Morgan fingerprint density at radius 2 is 1.81 bits per heavy atom. The van der Waals surface area contributed by atoms with Crippen LogP contribution in [0, 0.1) is 0 Å². The standard InChI is InChI=1S/C25H18BrClN2O2/c1-31-24-14-10-18(15-22(24)26)25-19(16-29(28-25)21-5-3-2-4-6-21)9-13-23(30)17-7-11-20(27)12-8-17/h2-16H,1H3. The summed E-state index contributed by atoms with van der Waals surface area (Å²) >= 11 is 9.46. The van der Waals surface area contributed by atoms with Crippen molar-refractivity contribution >= 4 is 39.4 Å². The summed E-state index contributed by atoms with van der Waals surface area (Å²) in [6.45, 7) is 0. The van der Waals surface area contributed by atoms with Crippen LogP contribution < -0.4 is 4.74 Å². The highest BCUT2D eigenvalue weighted by Crippen LogP contribution is 2.32. The molecule has 0 amide bonds. The molecule has 0 aliphatic rings. The molecule has 0 saturated carbocycles. The van der Waals surface area contributed by atoms with Crippen molar-refractivity contribution in [3.8, 4) is 22.7 Å². The lowest BCUT2D eigenvalue weighted by atomic mass is 10.1. The molecule has 0 unspecified atom stereocenters. The lowest BCUT2D eigenvalue weighted by molar-refractivity contribution is 0.104. The van der Waals surface area contributed by atoms with Crippen molar-refractivity contribution < 1.29 is 9.53 Å². The Hall–Kier alpha value is -3.15. The average Bonchev–Trinajstić information content (AvgIpc) is 3.23. The molecule has 0 fully saturated rings. The van der Waals surface area contributed by atoms with Crippen molar-refractivity contribution in [1.29, 1.82) is 0 Å². The first-order valence-electron chi connectivity index (χ1n) is 9.52. The number of carbonyl (C=O) groups excluding carboxylic acids is 1. The Kier molecular flexibility index (Phi) is 6.35. The van der Waals surface area contributed by atoms with Gasteiger partial charge in [0.25, 0.3) is 0 Å². The van der Waals surface area contributed by atoms with Gasteiger partial charge in [0.05, 0.1) is 23.0 Å². The van der Waals surface area contributed by atoms with Crippen LogP contribution in [0.1, 0.15) is 15.9 Å². The summed E-state index contributed by atoms with van der Waals surface area (Å²) in [4.78, 5) is 12.6. The number of carbonyl (C=O) groups is 1. The number of ketones is 1. The van der Waals surface area contributed by atoms with Gasteiger partial charge in [-0.15, -0.1) is 0 Å². The third kappa shape index (κ3) is 4.79. The molecule has 4 nitrogen and oxygen atoms in total. The SMILES string of the molecule is COc1ccc(-c2nn(-c3ccccc3)cc2C=CC(=O)c2ccc(Cl)cc2)cc1Br. The van der Waals surface area contributed by atoms with Gasteiger partial charge in [-0.3, -0.25) is 4.79 Å². The van der Waals surface area contributed by atoms with Gasteiger partial charge in [-0.25, -0.2) is 4.68 Å². The number of allylic oxidation sites excluding steroid dienone is 1. The van der Waals surface area contributed by atoms with E-state index in [-0.39, 0.29) is 5.78 Å². The Balaban J connectivity index is 1.74. The fraction of sp³-hybridized carbons (Fsp3) is 0.0400. The van der Waals surface area contributed by atoms with Crippen molar-refractivity contribution in [1.82, 2.24) is 9.78 Å². The first-order valence-corrected chi connectivity index (χ1v) is 10.7. The van der Waals surface area contributed by atoms with E-state index >= 15 is 0 Å². The minimum absolute atomic E-state index is 0.106. The molecule has 154 valence electrons. The first-order chi connectivity index (χ1) is 15.0. The molecule has 1 heterocycles. The molecule has 0 bridgehead atoms. The minimum Gasteiger partial charge on any atom is -0.496 e. The number of aromatic nitrogens is 2. The monoisotopic (exact) mass is 492 g/mol. The van der Waals surface area contributed by atoms with Gasteiger partial charge in [-0.1, -0.05) is 29.8 Å². The lowest BCUT2D eigenvalue weighted by Crippen LogP contribution is -1.94. The maximum atomic E-state index is 12.6. The maximum absolute atomic E-state index is 12.6. The van der Waals surface area contributed by atoms with E-state index in [1.807, 2.05) is 54.7 Å². The fourth-order valence-electron chi connectivity index (χ4n) is 3.14. The van der Waals surface area contributed by atoms with Gasteiger partial charge in [-0.05, 0) is 82.7 Å². The second-order valence-electron chi connectivity index (χ2n) is 6.77. The number of halogens is 2. The molecule has 4 rings (SSSR count). The van der Waals surface area contributed by atoms with Gasteiger partial charge in [-0.2, -0.15) is 5.10 Å². The van der Waals surface area contributed by atoms with Crippen molar-refractivity contribution in [3.05, 3.63) is 106 Å². The Labute approximate surface area is 193 Å². The third-order valence-corrected chi connectivity index (χ3v) is 5.60. The number of methoxy groups -OCH3 is 1. The second kappa shape index (κ2) is 9.33. The predicted octanol–water partition coefficient (Wildman–Crippen LogP) is 6.86. The molecule has 0 aliphatic heterocycles. The summed E-state index contributed by atoms with van der Waals surface area (Å²) in [5.41, 5.74) is 3.99. The van der Waals surface area contributed by atoms with E-state index in [9.17, 15) is 4.79 Å². The molecule has 0 aliphatic carbocycles. The van der Waals surface area contributed by atoms with Gasteiger partial charge in [0.15, 0.2) is 5.78 Å². The molecule has 0 radical (unpaired) electrons. The zero-order chi connectivity index (χ0) is 21.8. The molecule has 0 atom stereocenters. The zero-order valence-electron chi connectivity index (χ0n) is 16.6. The number of hydrogen-bond donors (Lipinski definition) is 0. The van der Waals surface area contributed by atoms with Crippen LogP contribution in [0.3, 0.4) is 0 Å². The van der Waals surface area contributed by atoms with Crippen LogP contribution in [0.2, 0.25) is 5.02 Å². The molecule has 0 saturated heterocycles. The van der Waals surface area contributed by atoms with Crippen LogP contribution in [0.4, 0.5) is 0 Å². The van der Waals surface area contributed by atoms with Crippen LogP contribution >= 0.6 is 27.5 Å². The van der Waals surface area contributed by atoms with Crippen molar-refractivity contribution in [2.45, 2.75) is 0 Å². The molecule has 0 N–H and O–H groups in total. The van der Waals surface area contributed by atoms with Gasteiger partial charge < -0.3 is 4.74 Å². The molecule has 31 heavy (non-hydrogen) atoms. The number of rotatable bonds is 6. The van der Waals surface area contributed by atoms with E-state index in [1.54, 1.807) is 48.2 Å². The first kappa shape index (κ1) is 21.1. The molecular formula is C25H18BrClN2O2. The zero-order valence-corrected chi connectivity index (χ0v) is 19.0. The third-order valence-electron chi connectivity index (χ3n) is 4.73. The topological polar surface area (TPSA) is 44.1 Å². The van der Waals surface area contributed by atoms with Crippen LogP contribution in [0.15, 0.2) is 89.5 Å². The maximum Gasteiger partial charge on any atom is 0.185 e. The molecule has 0 spiro atoms. The summed E-state index contributed by atoms with van der Waals surface area (Å²) in [7, 11) is 1.63. The van der Waals surface area contributed by atoms with Crippen LogP contribution in [-0.4, -0.2) is 22.7 Å². The Bertz CT molecular complexity index is 1250. The summed E-state index contributed by atoms with van der Waals surface area (Å²) in [5, 5.41) is 5.38. The quantitative estimate of drug-likeness (QED) is 0.218. The summed E-state index contributed by atoms with van der Waals surface area (Å²) in [6, 6.07) is 22.4. The predicted molar refractivity (Wildman–Crippen MR) is 128 cm³/mol. The number of hydrogen-bond acceptors (Lipinski definition) is 3. The fourth-order valence-corrected chi connectivity index (χ4v) is 3.80. The number of nitrogens with zero attached hydrogens (tertiary/aromatic N) is 2. The van der Waals surface area contributed by atoms with Crippen molar-refractivity contribution in [3.63, 3.8) is 0 Å². The van der Waals surface area contributed by atoms with E-state index < -0.39 is 0 Å². The molecule has 6 heteroatoms. The normalized spacial score (nSPS) is 11.1. The van der Waals surface area contributed by atoms with E-state index in [1.165, 1.54) is 0 Å². The highest BCUT2D eigenvalue weighted by molar-refractivity contribution is 9.10. The molecule has 4 aromatic rings. The van der Waals surface area contributed by atoms with Crippen molar-refractivity contribution in [2.24, 2.45) is 0 Å². The van der Waals surface area contributed by atoms with Crippen LogP contribution in [-0.2, 0) is 0 Å². The highest BCUT2D eigenvalue weighted by Gasteiger charge is 2.13. The number of para-hydroxylation sites is 1. The van der Waals surface area contributed by atoms with Crippen molar-refractivity contribution in [2.75, 3.05) is 7.11 Å². The Morgan fingerprint density at radius 3 is 2.48 bits per heavy atom. The van der Waals surface area contributed by atoms with E-state index in [0.717, 1.165) is 32.7 Å². The van der Waals surface area contributed by atoms with E-state index in [0.29, 0.717) is 10.6 Å².